The summed E-state index contributed by atoms with van der Waals surface area (Å²) in [6.07, 6.45) is -0.0993. The number of carbonyl (C=O) groups is 3. The zero-order valence-corrected chi connectivity index (χ0v) is 14.7. The molecule has 0 aliphatic carbocycles. The summed E-state index contributed by atoms with van der Waals surface area (Å²) in [5, 5.41) is 12.2. The maximum atomic E-state index is 13.1. The van der Waals surface area contributed by atoms with E-state index in [2.05, 4.69) is 5.32 Å². The Hall–Kier alpha value is -3.35. The van der Waals surface area contributed by atoms with Crippen LogP contribution in [0.1, 0.15) is 38.8 Å². The van der Waals surface area contributed by atoms with Gasteiger partial charge < -0.3 is 20.1 Å². The second-order valence-corrected chi connectivity index (χ2v) is 6.66. The topological polar surface area (TPSA) is 95.9 Å². The van der Waals surface area contributed by atoms with Gasteiger partial charge in [0.1, 0.15) is 0 Å². The first-order valence-electron chi connectivity index (χ1n) is 8.69. The number of ether oxygens (including phenoxy) is 1. The number of carboxylic acids is 1. The van der Waals surface area contributed by atoms with Crippen LogP contribution in [-0.2, 0) is 17.8 Å². The molecule has 0 bridgehead atoms. The highest BCUT2D eigenvalue weighted by molar-refractivity contribution is 6.04. The molecule has 138 valence electrons. The summed E-state index contributed by atoms with van der Waals surface area (Å²) in [5.74, 6) is -1.16. The van der Waals surface area contributed by atoms with Gasteiger partial charge in [-0.05, 0) is 42.7 Å². The van der Waals surface area contributed by atoms with Crippen molar-refractivity contribution in [2.24, 2.45) is 0 Å². The van der Waals surface area contributed by atoms with Crippen molar-refractivity contribution < 1.29 is 24.2 Å². The first kappa shape index (κ1) is 17.1. The number of nitrogens with zero attached hydrogens (tertiary/aromatic N) is 1. The zero-order valence-electron chi connectivity index (χ0n) is 14.7. The van der Waals surface area contributed by atoms with Gasteiger partial charge in [0.05, 0.1) is 16.8 Å². The van der Waals surface area contributed by atoms with E-state index in [9.17, 15) is 19.5 Å². The Bertz CT molecular complexity index is 969. The minimum Gasteiger partial charge on any atom is -0.478 e. The number of fused-ring (bicyclic) bond motifs is 2. The zero-order chi connectivity index (χ0) is 19.1. The van der Waals surface area contributed by atoms with Crippen molar-refractivity contribution in [1.29, 1.82) is 0 Å². The number of amides is 2. The molecule has 0 saturated heterocycles. The summed E-state index contributed by atoms with van der Waals surface area (Å²) in [7, 11) is 0. The minimum absolute atomic E-state index is 0.220. The summed E-state index contributed by atoms with van der Waals surface area (Å²) in [6, 6.07) is 10.2. The van der Waals surface area contributed by atoms with Crippen LogP contribution in [0, 0.1) is 0 Å². The Labute approximate surface area is 155 Å². The summed E-state index contributed by atoms with van der Waals surface area (Å²) >= 11 is 0. The molecule has 2 amide bonds. The first-order valence-corrected chi connectivity index (χ1v) is 8.69. The molecule has 2 aliphatic rings. The highest BCUT2D eigenvalue weighted by Gasteiger charge is 2.31. The van der Waals surface area contributed by atoms with Gasteiger partial charge in [-0.2, -0.15) is 0 Å². The van der Waals surface area contributed by atoms with E-state index in [1.165, 1.54) is 0 Å². The summed E-state index contributed by atoms with van der Waals surface area (Å²) < 4.78 is 5.66. The van der Waals surface area contributed by atoms with E-state index in [0.29, 0.717) is 35.5 Å². The lowest BCUT2D eigenvalue weighted by molar-refractivity contribution is -0.122. The van der Waals surface area contributed by atoms with E-state index in [1.54, 1.807) is 42.2 Å². The number of hydrogen-bond acceptors (Lipinski definition) is 4. The van der Waals surface area contributed by atoms with Crippen LogP contribution < -0.4 is 10.1 Å². The Morgan fingerprint density at radius 3 is 2.70 bits per heavy atom. The molecule has 7 heteroatoms. The van der Waals surface area contributed by atoms with Gasteiger partial charge in [0.15, 0.2) is 11.9 Å². The van der Waals surface area contributed by atoms with Gasteiger partial charge >= 0.3 is 5.97 Å². The van der Waals surface area contributed by atoms with Crippen molar-refractivity contribution in [3.63, 3.8) is 0 Å². The van der Waals surface area contributed by atoms with Gasteiger partial charge in [0.2, 0.25) is 0 Å². The molecule has 2 aromatic rings. The highest BCUT2D eigenvalue weighted by Crippen LogP contribution is 2.35. The number of anilines is 1. The number of aromatic carboxylic acids is 1. The molecule has 1 unspecified atom stereocenters. The van der Waals surface area contributed by atoms with E-state index in [-0.39, 0.29) is 23.9 Å². The van der Waals surface area contributed by atoms with Crippen LogP contribution in [0.2, 0.25) is 0 Å². The molecule has 0 radical (unpaired) electrons. The Balaban J connectivity index is 1.67. The number of hydrogen-bond donors (Lipinski definition) is 2. The smallest absolute Gasteiger partial charge is 0.336 e. The maximum Gasteiger partial charge on any atom is 0.336 e. The number of carboxylic acid groups (broad SMARTS) is 1. The first-order chi connectivity index (χ1) is 13.0. The van der Waals surface area contributed by atoms with Crippen LogP contribution in [-0.4, -0.2) is 40.4 Å². The molecule has 2 aliphatic heterocycles. The second-order valence-electron chi connectivity index (χ2n) is 6.66. The van der Waals surface area contributed by atoms with Crippen molar-refractivity contribution in [1.82, 2.24) is 4.90 Å². The van der Waals surface area contributed by atoms with Crippen molar-refractivity contribution in [3.8, 4) is 5.75 Å². The van der Waals surface area contributed by atoms with Crippen molar-refractivity contribution >= 4 is 23.5 Å². The van der Waals surface area contributed by atoms with Crippen molar-refractivity contribution in [3.05, 3.63) is 58.7 Å². The number of para-hydroxylation sites is 1. The third-order valence-corrected chi connectivity index (χ3v) is 4.96. The number of carbonyl (C=O) groups excluding carboxylic acids is 2. The van der Waals surface area contributed by atoms with Crippen LogP contribution in [0.4, 0.5) is 5.69 Å². The predicted octanol–water partition coefficient (Wildman–Crippen LogP) is 2.30. The molecule has 0 spiro atoms. The van der Waals surface area contributed by atoms with E-state index in [1.807, 2.05) is 6.07 Å². The highest BCUT2D eigenvalue weighted by atomic mass is 16.5. The SMILES string of the molecule is CC1Oc2c(cccc2C(=O)N2CCc3cccc(C(=O)O)c3C2)NC1=O. The lowest BCUT2D eigenvalue weighted by Crippen LogP contribution is -2.39. The maximum absolute atomic E-state index is 13.1. The average molecular weight is 366 g/mol. The summed E-state index contributed by atoms with van der Waals surface area (Å²) in [4.78, 5) is 38.1. The number of nitrogens with one attached hydrogen (secondary N) is 1. The van der Waals surface area contributed by atoms with Gasteiger partial charge in [0.25, 0.3) is 11.8 Å². The Morgan fingerprint density at radius 2 is 1.93 bits per heavy atom. The summed E-state index contributed by atoms with van der Waals surface area (Å²) in [5.41, 5.74) is 2.66. The molecule has 1 atom stereocenters. The van der Waals surface area contributed by atoms with Crippen LogP contribution in [0.15, 0.2) is 36.4 Å². The normalized spacial score (nSPS) is 18.0. The fourth-order valence-electron chi connectivity index (χ4n) is 3.52. The van der Waals surface area contributed by atoms with Gasteiger partial charge in [-0.25, -0.2) is 4.79 Å². The van der Waals surface area contributed by atoms with Gasteiger partial charge in [-0.15, -0.1) is 0 Å². The molecule has 2 aromatic carbocycles. The second kappa shape index (κ2) is 6.42. The summed E-state index contributed by atoms with van der Waals surface area (Å²) in [6.45, 7) is 2.33. The van der Waals surface area contributed by atoms with Crippen LogP contribution in [0.5, 0.6) is 5.75 Å². The van der Waals surface area contributed by atoms with Crippen molar-refractivity contribution in [2.75, 3.05) is 11.9 Å². The van der Waals surface area contributed by atoms with E-state index < -0.39 is 12.1 Å². The molecule has 0 fully saturated rings. The lowest BCUT2D eigenvalue weighted by Gasteiger charge is -2.31. The molecule has 27 heavy (non-hydrogen) atoms. The minimum atomic E-state index is -1.00. The molecule has 2 N–H and O–H groups in total. The van der Waals surface area contributed by atoms with Gasteiger partial charge in [-0.3, -0.25) is 9.59 Å². The largest absolute Gasteiger partial charge is 0.478 e. The Morgan fingerprint density at radius 1 is 1.19 bits per heavy atom. The van der Waals surface area contributed by atoms with Gasteiger partial charge in [0, 0.05) is 13.1 Å². The fraction of sp³-hybridized carbons (Fsp3) is 0.250. The van der Waals surface area contributed by atoms with E-state index in [0.717, 1.165) is 5.56 Å². The quantitative estimate of drug-likeness (QED) is 0.850. The van der Waals surface area contributed by atoms with Crippen LogP contribution >= 0.6 is 0 Å². The molecule has 7 nitrogen and oxygen atoms in total. The van der Waals surface area contributed by atoms with Crippen molar-refractivity contribution in [2.45, 2.75) is 26.0 Å². The van der Waals surface area contributed by atoms with Crippen LogP contribution in [0.25, 0.3) is 0 Å². The number of rotatable bonds is 2. The molecule has 2 heterocycles. The van der Waals surface area contributed by atoms with E-state index >= 15 is 0 Å². The molecule has 0 aromatic heterocycles. The van der Waals surface area contributed by atoms with Gasteiger partial charge in [-0.1, -0.05) is 18.2 Å². The Kier molecular flexibility index (Phi) is 4.07. The standard InChI is InChI=1S/C20H18N2O5/c1-11-18(23)21-16-7-3-6-14(17(16)27-11)19(24)22-9-8-12-4-2-5-13(20(25)26)15(12)10-22/h2-7,11H,8-10H2,1H3,(H,21,23)(H,25,26). The lowest BCUT2D eigenvalue weighted by atomic mass is 9.94. The van der Waals surface area contributed by atoms with Crippen LogP contribution in [0.3, 0.4) is 0 Å². The monoisotopic (exact) mass is 366 g/mol. The molecule has 0 saturated carbocycles. The number of benzene rings is 2. The third kappa shape index (κ3) is 2.91. The fourth-order valence-corrected chi connectivity index (χ4v) is 3.52. The third-order valence-electron chi connectivity index (χ3n) is 4.96. The molecular formula is C20H18N2O5. The molecular weight excluding hydrogens is 348 g/mol. The van der Waals surface area contributed by atoms with E-state index in [4.69, 9.17) is 4.74 Å². The average Bonchev–Trinajstić information content (AvgIpc) is 2.67. The molecule has 4 rings (SSSR count). The predicted molar refractivity (Wildman–Crippen MR) is 97.0 cm³/mol.